The molecule has 0 N–H and O–H groups in total. The van der Waals surface area contributed by atoms with Gasteiger partial charge in [-0.05, 0) is 12.8 Å². The number of halogens is 1. The Labute approximate surface area is 57.1 Å². The number of allylic oxidation sites excluding steroid dienone is 2. The maximum absolute atomic E-state index is 8.39. The average Bonchev–Trinajstić information content (AvgIpc) is 2.14. The van der Waals surface area contributed by atoms with E-state index in [0.717, 1.165) is 18.4 Å². The van der Waals surface area contributed by atoms with Crippen molar-refractivity contribution in [2.75, 3.05) is 0 Å². The van der Waals surface area contributed by atoms with Crippen LogP contribution < -0.4 is 0 Å². The van der Waals surface area contributed by atoms with Crippen LogP contribution in [0.15, 0.2) is 11.6 Å². The second kappa shape index (κ2) is 2.32. The van der Waals surface area contributed by atoms with Crippen LogP contribution in [0.4, 0.5) is 0 Å². The van der Waals surface area contributed by atoms with Crippen molar-refractivity contribution in [3.8, 4) is 6.07 Å². The third kappa shape index (κ3) is 0.924. The lowest BCUT2D eigenvalue weighted by Crippen LogP contribution is -1.91. The standard InChI is InChI=1S/C6H6BrN/c7-6-3-1-2-5(6)4-8/h2,6H,1,3H2. The van der Waals surface area contributed by atoms with Crippen molar-refractivity contribution in [2.45, 2.75) is 17.7 Å². The number of hydrogen-bond acceptors (Lipinski definition) is 1. The summed E-state index contributed by atoms with van der Waals surface area (Å²) in [6.07, 6.45) is 4.13. The molecule has 0 aromatic heterocycles. The number of nitriles is 1. The van der Waals surface area contributed by atoms with E-state index in [9.17, 15) is 0 Å². The molecule has 0 heterocycles. The zero-order valence-corrected chi connectivity index (χ0v) is 5.98. The minimum atomic E-state index is 0.340. The summed E-state index contributed by atoms with van der Waals surface area (Å²) in [6, 6.07) is 2.13. The highest BCUT2D eigenvalue weighted by atomic mass is 79.9. The van der Waals surface area contributed by atoms with E-state index in [2.05, 4.69) is 22.0 Å². The van der Waals surface area contributed by atoms with Gasteiger partial charge in [0.25, 0.3) is 0 Å². The zero-order valence-electron chi connectivity index (χ0n) is 4.39. The van der Waals surface area contributed by atoms with Crippen molar-refractivity contribution in [1.82, 2.24) is 0 Å². The summed E-state index contributed by atoms with van der Waals surface area (Å²) in [6.45, 7) is 0. The molecule has 0 amide bonds. The average molecular weight is 172 g/mol. The summed E-state index contributed by atoms with van der Waals surface area (Å²) in [4.78, 5) is 0.340. The highest BCUT2D eigenvalue weighted by Gasteiger charge is 2.14. The number of nitrogens with zero attached hydrogens (tertiary/aromatic N) is 1. The van der Waals surface area contributed by atoms with Crippen molar-refractivity contribution in [3.63, 3.8) is 0 Å². The van der Waals surface area contributed by atoms with Gasteiger partial charge in [0.2, 0.25) is 0 Å². The lowest BCUT2D eigenvalue weighted by molar-refractivity contribution is 0.945. The van der Waals surface area contributed by atoms with Crippen LogP contribution in [0.1, 0.15) is 12.8 Å². The third-order valence-corrected chi connectivity index (χ3v) is 2.20. The highest BCUT2D eigenvalue weighted by Crippen LogP contribution is 2.24. The molecule has 2 heteroatoms. The molecule has 0 aromatic rings. The largest absolute Gasteiger partial charge is 0.193 e. The van der Waals surface area contributed by atoms with Crippen LogP contribution in [0.2, 0.25) is 0 Å². The number of alkyl halides is 1. The van der Waals surface area contributed by atoms with Crippen LogP contribution in [-0.4, -0.2) is 4.83 Å². The molecule has 1 aliphatic rings. The van der Waals surface area contributed by atoms with E-state index >= 15 is 0 Å². The molecule has 1 rings (SSSR count). The second-order valence-electron chi connectivity index (χ2n) is 1.82. The van der Waals surface area contributed by atoms with Gasteiger partial charge >= 0.3 is 0 Å². The van der Waals surface area contributed by atoms with E-state index in [0.29, 0.717) is 4.83 Å². The molecule has 8 heavy (non-hydrogen) atoms. The molecule has 1 atom stereocenters. The maximum atomic E-state index is 8.39. The van der Waals surface area contributed by atoms with Crippen molar-refractivity contribution in [3.05, 3.63) is 11.6 Å². The van der Waals surface area contributed by atoms with E-state index in [1.807, 2.05) is 6.08 Å². The van der Waals surface area contributed by atoms with E-state index in [1.54, 1.807) is 0 Å². The van der Waals surface area contributed by atoms with E-state index < -0.39 is 0 Å². The fraction of sp³-hybridized carbons (Fsp3) is 0.500. The fourth-order valence-corrected chi connectivity index (χ4v) is 1.34. The zero-order chi connectivity index (χ0) is 5.98. The minimum Gasteiger partial charge on any atom is -0.193 e. The Hall–Kier alpha value is -0.290. The Morgan fingerprint density at radius 1 is 1.88 bits per heavy atom. The van der Waals surface area contributed by atoms with Gasteiger partial charge in [-0.2, -0.15) is 5.26 Å². The van der Waals surface area contributed by atoms with Crippen LogP contribution in [0, 0.1) is 11.3 Å². The monoisotopic (exact) mass is 171 g/mol. The quantitative estimate of drug-likeness (QED) is 0.512. The molecule has 0 aromatic carbocycles. The predicted octanol–water partition coefficient (Wildman–Crippen LogP) is 1.99. The summed E-state index contributed by atoms with van der Waals surface area (Å²) in [7, 11) is 0. The summed E-state index contributed by atoms with van der Waals surface area (Å²) in [5, 5.41) is 8.39. The molecular formula is C6H6BrN. The second-order valence-corrected chi connectivity index (χ2v) is 2.92. The SMILES string of the molecule is N#CC1=CCCC1Br. The van der Waals surface area contributed by atoms with Crippen molar-refractivity contribution in [1.29, 1.82) is 5.26 Å². The summed E-state index contributed by atoms with van der Waals surface area (Å²) < 4.78 is 0. The predicted molar refractivity (Wildman–Crippen MR) is 35.6 cm³/mol. The van der Waals surface area contributed by atoms with E-state index in [-0.39, 0.29) is 0 Å². The lowest BCUT2D eigenvalue weighted by atomic mass is 10.3. The molecule has 1 nitrogen and oxygen atoms in total. The third-order valence-electron chi connectivity index (χ3n) is 1.25. The van der Waals surface area contributed by atoms with Crippen molar-refractivity contribution in [2.24, 2.45) is 0 Å². The first-order valence-corrected chi connectivity index (χ1v) is 3.50. The van der Waals surface area contributed by atoms with Crippen LogP contribution in [0.3, 0.4) is 0 Å². The molecule has 0 bridgehead atoms. The Morgan fingerprint density at radius 3 is 2.88 bits per heavy atom. The van der Waals surface area contributed by atoms with Crippen LogP contribution in [-0.2, 0) is 0 Å². The van der Waals surface area contributed by atoms with Crippen molar-refractivity contribution >= 4 is 15.9 Å². The Balaban J connectivity index is 2.66. The van der Waals surface area contributed by atoms with Gasteiger partial charge < -0.3 is 0 Å². The molecule has 0 spiro atoms. The first-order chi connectivity index (χ1) is 3.84. The Morgan fingerprint density at radius 2 is 2.62 bits per heavy atom. The lowest BCUT2D eigenvalue weighted by Gasteiger charge is -1.93. The van der Waals surface area contributed by atoms with Gasteiger partial charge in [0, 0.05) is 10.4 Å². The highest BCUT2D eigenvalue weighted by molar-refractivity contribution is 9.09. The van der Waals surface area contributed by atoms with Gasteiger partial charge in [0.05, 0.1) is 6.07 Å². The number of rotatable bonds is 0. The molecule has 1 aliphatic carbocycles. The molecule has 0 saturated heterocycles. The first kappa shape index (κ1) is 5.84. The smallest absolute Gasteiger partial charge is 0.0955 e. The minimum absolute atomic E-state index is 0.340. The van der Waals surface area contributed by atoms with Gasteiger partial charge in [-0.15, -0.1) is 0 Å². The topological polar surface area (TPSA) is 23.8 Å². The van der Waals surface area contributed by atoms with Gasteiger partial charge in [-0.25, -0.2) is 0 Å². The molecule has 1 unspecified atom stereocenters. The summed E-state index contributed by atoms with van der Waals surface area (Å²) in [5.74, 6) is 0. The molecule has 42 valence electrons. The van der Waals surface area contributed by atoms with Gasteiger partial charge in [0.15, 0.2) is 0 Å². The number of hydrogen-bond donors (Lipinski definition) is 0. The van der Waals surface area contributed by atoms with Gasteiger partial charge in [-0.1, -0.05) is 22.0 Å². The van der Waals surface area contributed by atoms with Gasteiger partial charge in [-0.3, -0.25) is 0 Å². The van der Waals surface area contributed by atoms with Crippen molar-refractivity contribution < 1.29 is 0 Å². The summed E-state index contributed by atoms with van der Waals surface area (Å²) >= 11 is 3.37. The van der Waals surface area contributed by atoms with Crippen LogP contribution in [0.5, 0.6) is 0 Å². The first-order valence-electron chi connectivity index (χ1n) is 2.59. The Kier molecular flexibility index (Phi) is 1.69. The van der Waals surface area contributed by atoms with Crippen LogP contribution in [0.25, 0.3) is 0 Å². The molecule has 0 saturated carbocycles. The fourth-order valence-electron chi connectivity index (χ4n) is 0.784. The molecule has 0 aliphatic heterocycles. The van der Waals surface area contributed by atoms with Gasteiger partial charge in [0.1, 0.15) is 0 Å². The van der Waals surface area contributed by atoms with E-state index in [1.165, 1.54) is 0 Å². The maximum Gasteiger partial charge on any atom is 0.0955 e. The summed E-state index contributed by atoms with van der Waals surface area (Å²) in [5.41, 5.74) is 0.894. The molecular weight excluding hydrogens is 166 g/mol. The van der Waals surface area contributed by atoms with E-state index in [4.69, 9.17) is 5.26 Å². The molecule has 0 radical (unpaired) electrons. The Bertz CT molecular complexity index is 154. The van der Waals surface area contributed by atoms with Crippen LogP contribution >= 0.6 is 15.9 Å². The molecule has 0 fully saturated rings. The normalized spacial score (nSPS) is 27.0.